The molecule has 16 heavy (non-hydrogen) atoms. The molecule has 0 spiro atoms. The zero-order valence-electron chi connectivity index (χ0n) is 10.5. The van der Waals surface area contributed by atoms with Gasteiger partial charge < -0.3 is 15.0 Å². The van der Waals surface area contributed by atoms with Crippen LogP contribution in [0.2, 0.25) is 0 Å². The molecule has 1 N–H and O–H groups in total. The maximum Gasteiger partial charge on any atom is 0.0757 e. The number of nitrogens with zero attached hydrogens (tertiary/aromatic N) is 1. The first-order valence-corrected chi connectivity index (χ1v) is 6.82. The highest BCUT2D eigenvalue weighted by molar-refractivity contribution is 4.96. The Labute approximate surface area is 98.5 Å². The van der Waals surface area contributed by atoms with Crippen molar-refractivity contribution in [1.82, 2.24) is 10.2 Å². The van der Waals surface area contributed by atoms with Crippen LogP contribution in [0.5, 0.6) is 0 Å². The van der Waals surface area contributed by atoms with E-state index in [2.05, 4.69) is 24.2 Å². The lowest BCUT2D eigenvalue weighted by Gasteiger charge is -2.23. The summed E-state index contributed by atoms with van der Waals surface area (Å²) in [6.07, 6.45) is 5.83. The topological polar surface area (TPSA) is 24.5 Å². The maximum absolute atomic E-state index is 5.88. The Morgan fingerprint density at radius 1 is 1.25 bits per heavy atom. The second kappa shape index (κ2) is 4.28. The number of likely N-dealkylation sites (N-methyl/N-ethyl adjacent to an activating group) is 1. The third-order valence-corrected chi connectivity index (χ3v) is 4.56. The van der Waals surface area contributed by atoms with E-state index in [1.54, 1.807) is 0 Å². The van der Waals surface area contributed by atoms with Crippen LogP contribution in [0.3, 0.4) is 0 Å². The number of ether oxygens (including phenoxy) is 1. The molecule has 3 aliphatic rings. The molecule has 0 radical (unpaired) electrons. The highest BCUT2D eigenvalue weighted by Gasteiger charge is 2.41. The van der Waals surface area contributed by atoms with Crippen LogP contribution in [0, 0.1) is 5.92 Å². The van der Waals surface area contributed by atoms with Crippen LogP contribution in [0.15, 0.2) is 0 Å². The van der Waals surface area contributed by atoms with Crippen molar-refractivity contribution >= 4 is 0 Å². The van der Waals surface area contributed by atoms with Gasteiger partial charge >= 0.3 is 0 Å². The third-order valence-electron chi connectivity index (χ3n) is 4.56. The Morgan fingerprint density at radius 2 is 2.06 bits per heavy atom. The van der Waals surface area contributed by atoms with Gasteiger partial charge in [0, 0.05) is 31.3 Å². The second-order valence-corrected chi connectivity index (χ2v) is 5.96. The van der Waals surface area contributed by atoms with Gasteiger partial charge in [-0.3, -0.25) is 0 Å². The quantitative estimate of drug-likeness (QED) is 0.780. The van der Waals surface area contributed by atoms with Gasteiger partial charge in [0.25, 0.3) is 0 Å². The van der Waals surface area contributed by atoms with Crippen molar-refractivity contribution < 1.29 is 4.74 Å². The number of nitrogens with one attached hydrogen (secondary N) is 1. The van der Waals surface area contributed by atoms with Gasteiger partial charge in [0.05, 0.1) is 6.10 Å². The molecule has 0 bridgehead atoms. The van der Waals surface area contributed by atoms with Crippen molar-refractivity contribution in [2.24, 2.45) is 5.92 Å². The summed E-state index contributed by atoms with van der Waals surface area (Å²) >= 11 is 0. The molecule has 2 heterocycles. The molecular formula is C13H24N2O. The molecule has 0 amide bonds. The Bertz CT molecular complexity index is 244. The molecule has 0 aromatic heterocycles. The van der Waals surface area contributed by atoms with Gasteiger partial charge in [0.15, 0.2) is 0 Å². The molecule has 92 valence electrons. The SMILES string of the molecule is CC1CC(NC2CCOC2C2CC2)CN1C. The van der Waals surface area contributed by atoms with E-state index in [9.17, 15) is 0 Å². The molecule has 2 aliphatic heterocycles. The van der Waals surface area contributed by atoms with Gasteiger partial charge in [-0.15, -0.1) is 0 Å². The summed E-state index contributed by atoms with van der Waals surface area (Å²) in [4.78, 5) is 2.46. The highest BCUT2D eigenvalue weighted by atomic mass is 16.5. The van der Waals surface area contributed by atoms with Crippen molar-refractivity contribution in [3.63, 3.8) is 0 Å². The van der Waals surface area contributed by atoms with Crippen LogP contribution < -0.4 is 5.32 Å². The van der Waals surface area contributed by atoms with Gasteiger partial charge in [0.2, 0.25) is 0 Å². The van der Waals surface area contributed by atoms with Gasteiger partial charge in [-0.1, -0.05) is 0 Å². The number of hydrogen-bond acceptors (Lipinski definition) is 3. The minimum atomic E-state index is 0.529. The molecule has 4 unspecified atom stereocenters. The van der Waals surface area contributed by atoms with E-state index in [1.807, 2.05) is 0 Å². The second-order valence-electron chi connectivity index (χ2n) is 5.96. The van der Waals surface area contributed by atoms with E-state index < -0.39 is 0 Å². The number of hydrogen-bond donors (Lipinski definition) is 1. The lowest BCUT2D eigenvalue weighted by molar-refractivity contribution is 0.0791. The van der Waals surface area contributed by atoms with Crippen molar-refractivity contribution in [2.75, 3.05) is 20.2 Å². The zero-order chi connectivity index (χ0) is 11.1. The molecule has 3 rings (SSSR count). The fourth-order valence-electron chi connectivity index (χ4n) is 3.30. The Kier molecular flexibility index (Phi) is 2.94. The van der Waals surface area contributed by atoms with E-state index in [0.717, 1.165) is 18.6 Å². The highest BCUT2D eigenvalue weighted by Crippen LogP contribution is 2.39. The van der Waals surface area contributed by atoms with E-state index >= 15 is 0 Å². The molecule has 3 fully saturated rings. The summed E-state index contributed by atoms with van der Waals surface area (Å²) < 4.78 is 5.88. The fourth-order valence-corrected chi connectivity index (χ4v) is 3.30. The van der Waals surface area contributed by atoms with Crippen LogP contribution in [0.1, 0.15) is 32.6 Å². The molecule has 1 saturated carbocycles. The van der Waals surface area contributed by atoms with Crippen molar-refractivity contribution in [3.8, 4) is 0 Å². The van der Waals surface area contributed by atoms with E-state index in [0.29, 0.717) is 18.2 Å². The minimum absolute atomic E-state index is 0.529. The first kappa shape index (κ1) is 11.0. The van der Waals surface area contributed by atoms with Crippen LogP contribution in [0.25, 0.3) is 0 Å². The maximum atomic E-state index is 5.88. The largest absolute Gasteiger partial charge is 0.376 e. The van der Waals surface area contributed by atoms with Gasteiger partial charge in [-0.05, 0) is 45.6 Å². The van der Waals surface area contributed by atoms with E-state index in [-0.39, 0.29) is 0 Å². The van der Waals surface area contributed by atoms with Crippen molar-refractivity contribution in [1.29, 1.82) is 0 Å². The van der Waals surface area contributed by atoms with Gasteiger partial charge in [-0.2, -0.15) is 0 Å². The summed E-state index contributed by atoms with van der Waals surface area (Å²) in [5.41, 5.74) is 0. The minimum Gasteiger partial charge on any atom is -0.376 e. The number of rotatable bonds is 3. The van der Waals surface area contributed by atoms with Crippen molar-refractivity contribution in [2.45, 2.75) is 56.8 Å². The Hall–Kier alpha value is -0.120. The lowest BCUT2D eigenvalue weighted by atomic mass is 10.0. The van der Waals surface area contributed by atoms with Crippen LogP contribution in [-0.2, 0) is 4.74 Å². The van der Waals surface area contributed by atoms with E-state index in [4.69, 9.17) is 4.74 Å². The molecule has 3 nitrogen and oxygen atoms in total. The van der Waals surface area contributed by atoms with Gasteiger partial charge in [0.1, 0.15) is 0 Å². The van der Waals surface area contributed by atoms with Gasteiger partial charge in [-0.25, -0.2) is 0 Å². The third kappa shape index (κ3) is 2.13. The molecule has 0 aromatic rings. The normalized spacial score (nSPS) is 45.4. The smallest absolute Gasteiger partial charge is 0.0757 e. The summed E-state index contributed by atoms with van der Waals surface area (Å²) in [5.74, 6) is 0.872. The van der Waals surface area contributed by atoms with Crippen molar-refractivity contribution in [3.05, 3.63) is 0 Å². The standard InChI is InChI=1S/C13H24N2O/c1-9-7-11(8-15(9)2)14-12-5-6-16-13(12)10-3-4-10/h9-14H,3-8H2,1-2H3. The first-order valence-electron chi connectivity index (χ1n) is 6.82. The molecule has 3 heteroatoms. The first-order chi connectivity index (χ1) is 7.74. The van der Waals surface area contributed by atoms with Crippen LogP contribution >= 0.6 is 0 Å². The Balaban J connectivity index is 1.54. The predicted molar refractivity (Wildman–Crippen MR) is 64.5 cm³/mol. The number of likely N-dealkylation sites (tertiary alicyclic amines) is 1. The molecule has 1 aliphatic carbocycles. The van der Waals surface area contributed by atoms with E-state index in [1.165, 1.54) is 32.2 Å². The Morgan fingerprint density at radius 3 is 2.69 bits per heavy atom. The fraction of sp³-hybridized carbons (Fsp3) is 1.00. The zero-order valence-corrected chi connectivity index (χ0v) is 10.5. The molecule has 0 aromatic carbocycles. The predicted octanol–water partition coefficient (Wildman–Crippen LogP) is 1.24. The summed E-state index contributed by atoms with van der Waals surface area (Å²) in [7, 11) is 2.23. The molecular weight excluding hydrogens is 200 g/mol. The summed E-state index contributed by atoms with van der Waals surface area (Å²) in [6, 6.07) is 2.06. The average Bonchev–Trinajstić information content (AvgIpc) is 2.91. The lowest BCUT2D eigenvalue weighted by Crippen LogP contribution is -2.44. The van der Waals surface area contributed by atoms with Crippen LogP contribution in [-0.4, -0.2) is 49.3 Å². The summed E-state index contributed by atoms with van der Waals surface area (Å²) in [6.45, 7) is 4.50. The summed E-state index contributed by atoms with van der Waals surface area (Å²) in [5, 5.41) is 3.84. The molecule has 4 atom stereocenters. The monoisotopic (exact) mass is 224 g/mol. The molecule has 2 saturated heterocycles. The van der Waals surface area contributed by atoms with Crippen LogP contribution in [0.4, 0.5) is 0 Å². The average molecular weight is 224 g/mol.